The number of carbonyl (C=O) groups excluding carboxylic acids is 2. The molecule has 146 valence electrons. The van der Waals surface area contributed by atoms with E-state index in [0.29, 0.717) is 24.3 Å². The highest BCUT2D eigenvalue weighted by molar-refractivity contribution is 5.89. The van der Waals surface area contributed by atoms with Crippen LogP contribution in [0.1, 0.15) is 53.8 Å². The molecule has 0 saturated carbocycles. The van der Waals surface area contributed by atoms with Gasteiger partial charge in [-0.3, -0.25) is 0 Å². The van der Waals surface area contributed by atoms with E-state index in [1.54, 1.807) is 12.1 Å². The standard InChI is InChI=1S/C11H14O3.C10H12O3/c1-2-3-8-14-11(13)9-4-6-10(12)7-5-9;1-2-7-13-10(12)8-3-5-9(11)6-4-8/h4-7,12H,2-3,8H2,1H3;3-6,11H,2,7H2,1H3. The van der Waals surface area contributed by atoms with Crippen LogP contribution in [0, 0.1) is 0 Å². The highest BCUT2D eigenvalue weighted by atomic mass is 16.5. The SMILES string of the molecule is CCCCOC(=O)c1ccc(O)cc1.CCCOC(=O)c1ccc(O)cc1. The highest BCUT2D eigenvalue weighted by Crippen LogP contribution is 2.11. The summed E-state index contributed by atoms with van der Waals surface area (Å²) in [6, 6.07) is 12.0. The maximum atomic E-state index is 11.3. The van der Waals surface area contributed by atoms with Gasteiger partial charge in [-0.05, 0) is 61.4 Å². The van der Waals surface area contributed by atoms with Crippen LogP contribution in [0.4, 0.5) is 0 Å². The van der Waals surface area contributed by atoms with Crippen molar-refractivity contribution < 1.29 is 29.3 Å². The minimum Gasteiger partial charge on any atom is -0.508 e. The molecule has 27 heavy (non-hydrogen) atoms. The number of aromatic hydroxyl groups is 2. The van der Waals surface area contributed by atoms with Crippen molar-refractivity contribution in [3.63, 3.8) is 0 Å². The number of phenolic OH excluding ortho intramolecular Hbond substituents is 2. The molecule has 0 aliphatic heterocycles. The van der Waals surface area contributed by atoms with Crippen molar-refractivity contribution in [2.75, 3.05) is 13.2 Å². The first-order valence-electron chi connectivity index (χ1n) is 8.90. The van der Waals surface area contributed by atoms with E-state index < -0.39 is 0 Å². The Morgan fingerprint density at radius 1 is 0.704 bits per heavy atom. The van der Waals surface area contributed by atoms with Gasteiger partial charge >= 0.3 is 11.9 Å². The first-order valence-corrected chi connectivity index (χ1v) is 8.90. The van der Waals surface area contributed by atoms with E-state index in [-0.39, 0.29) is 23.4 Å². The molecular weight excluding hydrogens is 348 g/mol. The van der Waals surface area contributed by atoms with Gasteiger partial charge in [0.2, 0.25) is 0 Å². The van der Waals surface area contributed by atoms with Gasteiger partial charge in [-0.25, -0.2) is 9.59 Å². The fourth-order valence-electron chi connectivity index (χ4n) is 1.87. The van der Waals surface area contributed by atoms with E-state index in [2.05, 4.69) is 0 Å². The van der Waals surface area contributed by atoms with Gasteiger partial charge in [-0.2, -0.15) is 0 Å². The zero-order valence-electron chi connectivity index (χ0n) is 15.7. The number of esters is 2. The quantitative estimate of drug-likeness (QED) is 0.554. The van der Waals surface area contributed by atoms with Crippen LogP contribution in [-0.2, 0) is 9.47 Å². The molecule has 2 aromatic rings. The third-order valence-electron chi connectivity index (χ3n) is 3.37. The normalized spacial score (nSPS) is 9.70. The summed E-state index contributed by atoms with van der Waals surface area (Å²) in [5, 5.41) is 18.0. The molecule has 2 N–H and O–H groups in total. The maximum absolute atomic E-state index is 11.3. The largest absolute Gasteiger partial charge is 0.508 e. The number of benzene rings is 2. The number of hydrogen-bond acceptors (Lipinski definition) is 6. The summed E-state index contributed by atoms with van der Waals surface area (Å²) < 4.78 is 9.88. The highest BCUT2D eigenvalue weighted by Gasteiger charge is 2.06. The molecule has 0 heterocycles. The van der Waals surface area contributed by atoms with Crippen molar-refractivity contribution in [3.05, 3.63) is 59.7 Å². The van der Waals surface area contributed by atoms with Gasteiger partial charge in [-0.1, -0.05) is 20.3 Å². The van der Waals surface area contributed by atoms with E-state index in [4.69, 9.17) is 19.7 Å². The molecule has 0 bridgehead atoms. The molecule has 0 spiro atoms. The van der Waals surface area contributed by atoms with Gasteiger partial charge in [0.05, 0.1) is 24.3 Å². The van der Waals surface area contributed by atoms with Gasteiger partial charge in [0.15, 0.2) is 0 Å². The summed E-state index contributed by atoms with van der Waals surface area (Å²) >= 11 is 0. The number of ether oxygens (including phenoxy) is 2. The third kappa shape index (κ3) is 8.76. The van der Waals surface area contributed by atoms with Crippen molar-refractivity contribution in [2.45, 2.75) is 33.1 Å². The molecule has 0 unspecified atom stereocenters. The molecule has 6 nitrogen and oxygen atoms in total. The van der Waals surface area contributed by atoms with Crippen molar-refractivity contribution in [1.82, 2.24) is 0 Å². The van der Waals surface area contributed by atoms with Crippen molar-refractivity contribution in [1.29, 1.82) is 0 Å². The van der Waals surface area contributed by atoms with Crippen molar-refractivity contribution in [3.8, 4) is 11.5 Å². The molecular formula is C21H26O6. The average Bonchev–Trinajstić information content (AvgIpc) is 2.68. The van der Waals surface area contributed by atoms with Crippen LogP contribution in [-0.4, -0.2) is 35.4 Å². The first-order chi connectivity index (χ1) is 13.0. The molecule has 0 aromatic heterocycles. The number of unbranched alkanes of at least 4 members (excludes halogenated alkanes) is 1. The average molecular weight is 374 g/mol. The minimum absolute atomic E-state index is 0.145. The topological polar surface area (TPSA) is 93.1 Å². The Bertz CT molecular complexity index is 692. The summed E-state index contributed by atoms with van der Waals surface area (Å²) in [6.45, 7) is 4.86. The van der Waals surface area contributed by atoms with E-state index in [1.165, 1.54) is 36.4 Å². The van der Waals surface area contributed by atoms with Gasteiger partial charge in [0.25, 0.3) is 0 Å². The monoisotopic (exact) mass is 374 g/mol. The van der Waals surface area contributed by atoms with Gasteiger partial charge in [0, 0.05) is 0 Å². The molecule has 2 aromatic carbocycles. The number of phenols is 2. The Morgan fingerprint density at radius 2 is 1.11 bits per heavy atom. The minimum atomic E-state index is -0.346. The van der Waals surface area contributed by atoms with E-state index >= 15 is 0 Å². The van der Waals surface area contributed by atoms with E-state index in [0.717, 1.165) is 19.3 Å². The Labute approximate surface area is 159 Å². The molecule has 0 aliphatic rings. The van der Waals surface area contributed by atoms with Crippen LogP contribution in [0.2, 0.25) is 0 Å². The Hall–Kier alpha value is -3.02. The second kappa shape index (κ2) is 12.4. The fourth-order valence-corrected chi connectivity index (χ4v) is 1.87. The molecule has 0 radical (unpaired) electrons. The van der Waals surface area contributed by atoms with Gasteiger partial charge < -0.3 is 19.7 Å². The zero-order chi connectivity index (χ0) is 20.1. The summed E-state index contributed by atoms with van der Waals surface area (Å²) in [6.07, 6.45) is 2.69. The summed E-state index contributed by atoms with van der Waals surface area (Å²) in [7, 11) is 0. The number of rotatable bonds is 7. The van der Waals surface area contributed by atoms with Crippen LogP contribution >= 0.6 is 0 Å². The molecule has 2 rings (SSSR count). The summed E-state index contributed by atoms with van der Waals surface area (Å²) in [5.41, 5.74) is 0.935. The predicted octanol–water partition coefficient (Wildman–Crippen LogP) is 4.31. The molecule has 0 aliphatic carbocycles. The Balaban J connectivity index is 0.000000271. The van der Waals surface area contributed by atoms with E-state index in [1.807, 2.05) is 13.8 Å². The lowest BCUT2D eigenvalue weighted by atomic mass is 10.2. The van der Waals surface area contributed by atoms with Crippen LogP contribution in [0.25, 0.3) is 0 Å². The zero-order valence-corrected chi connectivity index (χ0v) is 15.7. The van der Waals surface area contributed by atoms with Crippen LogP contribution in [0.3, 0.4) is 0 Å². The van der Waals surface area contributed by atoms with Crippen molar-refractivity contribution in [2.24, 2.45) is 0 Å². The lowest BCUT2D eigenvalue weighted by Gasteiger charge is -2.03. The molecule has 0 atom stereocenters. The van der Waals surface area contributed by atoms with Gasteiger partial charge in [-0.15, -0.1) is 0 Å². The summed E-state index contributed by atoms with van der Waals surface area (Å²) in [5.74, 6) is -0.387. The number of hydrogen-bond donors (Lipinski definition) is 2. The Morgan fingerprint density at radius 3 is 1.48 bits per heavy atom. The summed E-state index contributed by atoms with van der Waals surface area (Å²) in [4.78, 5) is 22.5. The van der Waals surface area contributed by atoms with E-state index in [9.17, 15) is 9.59 Å². The third-order valence-corrected chi connectivity index (χ3v) is 3.37. The second-order valence-corrected chi connectivity index (χ2v) is 5.72. The van der Waals surface area contributed by atoms with Gasteiger partial charge in [0.1, 0.15) is 11.5 Å². The second-order valence-electron chi connectivity index (χ2n) is 5.72. The fraction of sp³-hybridized carbons (Fsp3) is 0.333. The maximum Gasteiger partial charge on any atom is 0.338 e. The molecule has 6 heteroatoms. The lowest BCUT2D eigenvalue weighted by Crippen LogP contribution is -2.05. The van der Waals surface area contributed by atoms with Crippen LogP contribution < -0.4 is 0 Å². The smallest absolute Gasteiger partial charge is 0.338 e. The first kappa shape index (κ1) is 22.0. The molecule has 0 saturated heterocycles. The van der Waals surface area contributed by atoms with Crippen molar-refractivity contribution >= 4 is 11.9 Å². The Kier molecular flexibility index (Phi) is 10.1. The lowest BCUT2D eigenvalue weighted by molar-refractivity contribution is 0.0492. The molecule has 0 amide bonds. The number of carbonyl (C=O) groups is 2. The van der Waals surface area contributed by atoms with Crippen LogP contribution in [0.5, 0.6) is 11.5 Å². The molecule has 0 fully saturated rings. The predicted molar refractivity (Wildman–Crippen MR) is 102 cm³/mol. The van der Waals surface area contributed by atoms with Crippen LogP contribution in [0.15, 0.2) is 48.5 Å².